The molecule has 0 aliphatic carbocycles. The number of hydrogen-bond acceptors (Lipinski definition) is 5. The van der Waals surface area contributed by atoms with Gasteiger partial charge in [0.1, 0.15) is 0 Å². The lowest BCUT2D eigenvalue weighted by molar-refractivity contribution is -0.116. The Morgan fingerprint density at radius 3 is 2.19 bits per heavy atom. The smallest absolute Gasteiger partial charge is 0.338 e. The van der Waals surface area contributed by atoms with E-state index in [9.17, 15) is 18.0 Å². The first-order valence-electron chi connectivity index (χ1n) is 11.6. The molecule has 190 valence electrons. The molecule has 0 aliphatic rings. The molecule has 3 rings (SSSR count). The van der Waals surface area contributed by atoms with E-state index in [0.717, 1.165) is 32.7 Å². The van der Waals surface area contributed by atoms with Crippen molar-refractivity contribution < 1.29 is 22.7 Å². The van der Waals surface area contributed by atoms with Crippen molar-refractivity contribution in [3.05, 3.63) is 94.0 Å². The Kier molecular flexibility index (Phi) is 9.81. The number of carbonyl (C=O) groups excluding carboxylic acids is 2. The van der Waals surface area contributed by atoms with Gasteiger partial charge in [0.25, 0.3) is 0 Å². The molecule has 0 unspecified atom stereocenters. The van der Waals surface area contributed by atoms with Crippen LogP contribution in [-0.4, -0.2) is 37.8 Å². The summed E-state index contributed by atoms with van der Waals surface area (Å²) in [5, 5.41) is 2.71. The minimum atomic E-state index is -3.95. The van der Waals surface area contributed by atoms with Gasteiger partial charge in [-0.1, -0.05) is 59.1 Å². The van der Waals surface area contributed by atoms with Gasteiger partial charge in [-0.2, -0.15) is 4.31 Å². The monoisotopic (exact) mass is 572 g/mol. The zero-order valence-electron chi connectivity index (χ0n) is 20.2. The topological polar surface area (TPSA) is 92.8 Å². The van der Waals surface area contributed by atoms with Gasteiger partial charge in [-0.15, -0.1) is 0 Å². The molecule has 0 aromatic heterocycles. The van der Waals surface area contributed by atoms with Crippen LogP contribution in [-0.2, 0) is 26.1 Å². The molecule has 0 heterocycles. The largest absolute Gasteiger partial charge is 0.462 e. The third-order valence-corrected chi connectivity index (χ3v) is 7.72. The maximum atomic E-state index is 13.4. The molecule has 1 amide bonds. The summed E-state index contributed by atoms with van der Waals surface area (Å²) in [6.45, 7) is 3.97. The molecule has 3 aromatic rings. The number of hydrogen-bond donors (Lipinski definition) is 1. The van der Waals surface area contributed by atoms with Gasteiger partial charge >= 0.3 is 5.97 Å². The number of amides is 1. The number of unbranched alkanes of at least 4 members (excludes halogenated alkanes) is 1. The van der Waals surface area contributed by atoms with Crippen LogP contribution in [0.1, 0.15) is 41.3 Å². The molecule has 7 nitrogen and oxygen atoms in total. The first-order chi connectivity index (χ1) is 17.2. The normalized spacial score (nSPS) is 11.3. The van der Waals surface area contributed by atoms with E-state index < -0.39 is 21.9 Å². The highest BCUT2D eigenvalue weighted by molar-refractivity contribution is 9.10. The maximum absolute atomic E-state index is 13.4. The molecule has 0 spiro atoms. The standard InChI is InChI=1S/C27H29BrN2O5S/c1-3-4-17-35-27(32)22-9-13-24(14-10-22)29-26(31)19-30(18-21-7-5-20(2)6-8-21)36(33,34)25-15-11-23(28)12-16-25/h5-16H,3-4,17-19H2,1-2H3,(H,29,31). The highest BCUT2D eigenvalue weighted by Gasteiger charge is 2.27. The Hall–Kier alpha value is -3.01. The van der Waals surface area contributed by atoms with Crippen LogP contribution in [0.4, 0.5) is 5.69 Å². The van der Waals surface area contributed by atoms with E-state index in [-0.39, 0.29) is 18.0 Å². The van der Waals surface area contributed by atoms with Crippen LogP contribution in [0.3, 0.4) is 0 Å². The van der Waals surface area contributed by atoms with Crippen molar-refractivity contribution >= 4 is 43.5 Å². The highest BCUT2D eigenvalue weighted by Crippen LogP contribution is 2.21. The van der Waals surface area contributed by atoms with Crippen LogP contribution in [0, 0.1) is 6.92 Å². The van der Waals surface area contributed by atoms with Crippen molar-refractivity contribution in [1.82, 2.24) is 4.31 Å². The van der Waals surface area contributed by atoms with Gasteiger partial charge in [-0.3, -0.25) is 4.79 Å². The van der Waals surface area contributed by atoms with E-state index >= 15 is 0 Å². The lowest BCUT2D eigenvalue weighted by Gasteiger charge is -2.22. The molecule has 0 aliphatic heterocycles. The van der Waals surface area contributed by atoms with Crippen molar-refractivity contribution in [2.45, 2.75) is 38.1 Å². The summed E-state index contributed by atoms with van der Waals surface area (Å²) in [5.41, 5.74) is 2.64. The number of carbonyl (C=O) groups is 2. The molecule has 0 bridgehead atoms. The fraction of sp³-hybridized carbons (Fsp3) is 0.259. The van der Waals surface area contributed by atoms with Crippen molar-refractivity contribution in [2.75, 3.05) is 18.5 Å². The Balaban J connectivity index is 1.74. The van der Waals surface area contributed by atoms with Crippen LogP contribution in [0.15, 0.2) is 82.2 Å². The molecule has 9 heteroatoms. The number of anilines is 1. The second-order valence-electron chi connectivity index (χ2n) is 8.33. The lowest BCUT2D eigenvalue weighted by atomic mass is 10.1. The quantitative estimate of drug-likeness (QED) is 0.240. The molecular formula is C27H29BrN2O5S. The van der Waals surface area contributed by atoms with Gasteiger partial charge in [0, 0.05) is 16.7 Å². The van der Waals surface area contributed by atoms with Crippen molar-refractivity contribution in [3.63, 3.8) is 0 Å². The maximum Gasteiger partial charge on any atom is 0.338 e. The van der Waals surface area contributed by atoms with Crippen LogP contribution in [0.5, 0.6) is 0 Å². The van der Waals surface area contributed by atoms with Crippen LogP contribution >= 0.6 is 15.9 Å². The van der Waals surface area contributed by atoms with Crippen molar-refractivity contribution in [2.24, 2.45) is 0 Å². The number of aryl methyl sites for hydroxylation is 1. The van der Waals surface area contributed by atoms with Gasteiger partial charge < -0.3 is 10.1 Å². The summed E-state index contributed by atoms with van der Waals surface area (Å²) >= 11 is 3.32. The van der Waals surface area contributed by atoms with E-state index in [1.54, 1.807) is 36.4 Å². The van der Waals surface area contributed by atoms with Gasteiger partial charge in [-0.25, -0.2) is 13.2 Å². The molecule has 0 atom stereocenters. The Morgan fingerprint density at radius 2 is 1.58 bits per heavy atom. The van der Waals surface area contributed by atoms with Gasteiger partial charge in [-0.05, 0) is 67.4 Å². The lowest BCUT2D eigenvalue weighted by Crippen LogP contribution is -2.37. The fourth-order valence-corrected chi connectivity index (χ4v) is 4.97. The number of nitrogens with one attached hydrogen (secondary N) is 1. The van der Waals surface area contributed by atoms with Gasteiger partial charge in [0.2, 0.25) is 15.9 Å². The number of esters is 1. The Bertz CT molecular complexity index is 1280. The summed E-state index contributed by atoms with van der Waals surface area (Å²) in [7, 11) is -3.95. The van der Waals surface area contributed by atoms with Crippen LogP contribution < -0.4 is 5.32 Å². The second kappa shape index (κ2) is 12.8. The third-order valence-electron chi connectivity index (χ3n) is 5.39. The first-order valence-corrected chi connectivity index (χ1v) is 13.8. The molecule has 0 saturated carbocycles. The average molecular weight is 574 g/mol. The van der Waals surface area contributed by atoms with Gasteiger partial charge in [0.05, 0.1) is 23.6 Å². The summed E-state index contributed by atoms with van der Waals surface area (Å²) in [6, 6.07) is 20.1. The molecule has 0 radical (unpaired) electrons. The van der Waals surface area contributed by atoms with Crippen LogP contribution in [0.25, 0.3) is 0 Å². The predicted octanol–water partition coefficient (Wildman–Crippen LogP) is 5.54. The minimum Gasteiger partial charge on any atom is -0.462 e. The molecular weight excluding hydrogens is 544 g/mol. The number of sulfonamides is 1. The van der Waals surface area contributed by atoms with E-state index in [0.29, 0.717) is 17.9 Å². The third kappa shape index (κ3) is 7.74. The number of rotatable bonds is 11. The molecule has 0 saturated heterocycles. The zero-order chi connectivity index (χ0) is 26.1. The Labute approximate surface area is 220 Å². The fourth-order valence-electron chi connectivity index (χ4n) is 3.32. The summed E-state index contributed by atoms with van der Waals surface area (Å²) in [5.74, 6) is -0.924. The number of benzene rings is 3. The summed E-state index contributed by atoms with van der Waals surface area (Å²) in [4.78, 5) is 25.0. The highest BCUT2D eigenvalue weighted by atomic mass is 79.9. The summed E-state index contributed by atoms with van der Waals surface area (Å²) < 4.78 is 33.9. The van der Waals surface area contributed by atoms with Crippen molar-refractivity contribution in [1.29, 1.82) is 0 Å². The van der Waals surface area contributed by atoms with E-state index in [1.807, 2.05) is 38.1 Å². The first kappa shape index (κ1) is 27.6. The Morgan fingerprint density at radius 1 is 0.944 bits per heavy atom. The van der Waals surface area contributed by atoms with E-state index in [2.05, 4.69) is 21.2 Å². The molecule has 3 aromatic carbocycles. The van der Waals surface area contributed by atoms with Crippen LogP contribution in [0.2, 0.25) is 0 Å². The number of halogens is 1. The van der Waals surface area contributed by atoms with Gasteiger partial charge in [0.15, 0.2) is 0 Å². The minimum absolute atomic E-state index is 0.0363. The molecule has 36 heavy (non-hydrogen) atoms. The van der Waals surface area contributed by atoms with E-state index in [1.165, 1.54) is 12.1 Å². The zero-order valence-corrected chi connectivity index (χ0v) is 22.6. The SMILES string of the molecule is CCCCOC(=O)c1ccc(NC(=O)CN(Cc2ccc(C)cc2)S(=O)(=O)c2ccc(Br)cc2)cc1. The molecule has 1 N–H and O–H groups in total. The summed E-state index contributed by atoms with van der Waals surface area (Å²) in [6.07, 6.45) is 1.72. The second-order valence-corrected chi connectivity index (χ2v) is 11.2. The van der Waals surface area contributed by atoms with Crippen molar-refractivity contribution in [3.8, 4) is 0 Å². The number of nitrogens with zero attached hydrogens (tertiary/aromatic N) is 1. The number of ether oxygens (including phenoxy) is 1. The molecule has 0 fully saturated rings. The predicted molar refractivity (Wildman–Crippen MR) is 143 cm³/mol. The van der Waals surface area contributed by atoms with E-state index in [4.69, 9.17) is 4.74 Å². The average Bonchev–Trinajstić information content (AvgIpc) is 2.85.